The molecular formula is C11H14FN3O2S. The van der Waals surface area contributed by atoms with Gasteiger partial charge >= 0.3 is 0 Å². The molecule has 7 heteroatoms. The Morgan fingerprint density at radius 2 is 2.11 bits per heavy atom. The summed E-state index contributed by atoms with van der Waals surface area (Å²) < 4.78 is 40.8. The zero-order valence-electron chi connectivity index (χ0n) is 10.1. The number of benzene rings is 1. The van der Waals surface area contributed by atoms with Crippen LogP contribution in [0.4, 0.5) is 10.1 Å². The molecule has 1 aromatic rings. The number of nitriles is 1. The average molecular weight is 271 g/mol. The highest BCUT2D eigenvalue weighted by atomic mass is 32.2. The smallest absolute Gasteiger partial charge is 0.271 e. The molecule has 0 aliphatic heterocycles. The number of halogens is 1. The minimum atomic E-state index is -3.70. The van der Waals surface area contributed by atoms with Crippen molar-refractivity contribution < 1.29 is 12.8 Å². The zero-order valence-corrected chi connectivity index (χ0v) is 10.9. The molecule has 0 aliphatic carbocycles. The Morgan fingerprint density at radius 1 is 1.44 bits per heavy atom. The van der Waals surface area contributed by atoms with Gasteiger partial charge in [0.25, 0.3) is 10.2 Å². The molecule has 0 atom stereocenters. The molecule has 98 valence electrons. The molecule has 0 amide bonds. The minimum absolute atomic E-state index is 0.143. The van der Waals surface area contributed by atoms with Crippen LogP contribution in [-0.2, 0) is 10.2 Å². The molecule has 0 bridgehead atoms. The van der Waals surface area contributed by atoms with Crippen LogP contribution in [0.5, 0.6) is 0 Å². The molecule has 0 saturated carbocycles. The maximum absolute atomic E-state index is 13.0. The molecule has 0 spiro atoms. The van der Waals surface area contributed by atoms with E-state index in [1.54, 1.807) is 6.07 Å². The molecule has 1 aromatic carbocycles. The number of hydrogen-bond acceptors (Lipinski definition) is 3. The van der Waals surface area contributed by atoms with Gasteiger partial charge in [0, 0.05) is 6.54 Å². The monoisotopic (exact) mass is 271 g/mol. The van der Waals surface area contributed by atoms with Crippen LogP contribution in [0.1, 0.15) is 19.4 Å². The van der Waals surface area contributed by atoms with Gasteiger partial charge in [0.1, 0.15) is 11.9 Å². The predicted octanol–water partition coefficient (Wildman–Crippen LogP) is 1.60. The van der Waals surface area contributed by atoms with Crippen molar-refractivity contribution in [3.63, 3.8) is 0 Å². The Kier molecular flexibility index (Phi) is 4.64. The van der Waals surface area contributed by atoms with Crippen LogP contribution in [0.2, 0.25) is 0 Å². The van der Waals surface area contributed by atoms with Gasteiger partial charge in [0.05, 0.1) is 11.3 Å². The van der Waals surface area contributed by atoms with Crippen molar-refractivity contribution >= 4 is 15.9 Å². The van der Waals surface area contributed by atoms with E-state index in [4.69, 9.17) is 5.26 Å². The molecule has 0 fully saturated rings. The van der Waals surface area contributed by atoms with Crippen LogP contribution in [0, 0.1) is 23.1 Å². The summed E-state index contributed by atoms with van der Waals surface area (Å²) in [6.07, 6.45) is 0. The second-order valence-corrected chi connectivity index (χ2v) is 5.65. The molecule has 0 aliphatic rings. The third-order valence-corrected chi connectivity index (χ3v) is 3.07. The molecule has 0 radical (unpaired) electrons. The summed E-state index contributed by atoms with van der Waals surface area (Å²) in [5.41, 5.74) is -0.0664. The lowest BCUT2D eigenvalue weighted by Crippen LogP contribution is -2.32. The van der Waals surface area contributed by atoms with E-state index in [2.05, 4.69) is 9.44 Å². The van der Waals surface area contributed by atoms with Gasteiger partial charge in [-0.2, -0.15) is 18.4 Å². The van der Waals surface area contributed by atoms with Crippen LogP contribution < -0.4 is 9.44 Å². The number of hydrogen-bond donors (Lipinski definition) is 2. The second kappa shape index (κ2) is 5.80. The number of anilines is 1. The molecule has 0 aromatic heterocycles. The van der Waals surface area contributed by atoms with E-state index >= 15 is 0 Å². The molecule has 18 heavy (non-hydrogen) atoms. The fraction of sp³-hybridized carbons (Fsp3) is 0.364. The van der Waals surface area contributed by atoms with E-state index in [9.17, 15) is 12.8 Å². The van der Waals surface area contributed by atoms with E-state index in [0.717, 1.165) is 12.1 Å². The summed E-state index contributed by atoms with van der Waals surface area (Å²) in [5.74, 6) is -0.514. The van der Waals surface area contributed by atoms with Crippen LogP contribution >= 0.6 is 0 Å². The molecule has 0 unspecified atom stereocenters. The van der Waals surface area contributed by atoms with Crippen molar-refractivity contribution in [1.29, 1.82) is 5.26 Å². The summed E-state index contributed by atoms with van der Waals surface area (Å²) in [6, 6.07) is 5.08. The van der Waals surface area contributed by atoms with E-state index < -0.39 is 16.0 Å². The highest BCUT2D eigenvalue weighted by Crippen LogP contribution is 2.14. The number of nitrogens with one attached hydrogen (secondary N) is 2. The van der Waals surface area contributed by atoms with Crippen LogP contribution in [0.15, 0.2) is 18.2 Å². The highest BCUT2D eigenvalue weighted by molar-refractivity contribution is 7.90. The van der Waals surface area contributed by atoms with Crippen molar-refractivity contribution in [2.45, 2.75) is 13.8 Å². The predicted molar refractivity (Wildman–Crippen MR) is 66.5 cm³/mol. The fourth-order valence-electron chi connectivity index (χ4n) is 1.14. The van der Waals surface area contributed by atoms with E-state index in [-0.39, 0.29) is 17.2 Å². The topological polar surface area (TPSA) is 82.0 Å². The van der Waals surface area contributed by atoms with Gasteiger partial charge < -0.3 is 0 Å². The first-order valence-electron chi connectivity index (χ1n) is 5.31. The van der Waals surface area contributed by atoms with Crippen LogP contribution in [-0.4, -0.2) is 15.0 Å². The third kappa shape index (κ3) is 4.31. The lowest BCUT2D eigenvalue weighted by Gasteiger charge is -2.11. The Labute approximate surface area is 106 Å². The first-order chi connectivity index (χ1) is 8.34. The summed E-state index contributed by atoms with van der Waals surface area (Å²) >= 11 is 0. The van der Waals surface area contributed by atoms with Gasteiger partial charge in [0.2, 0.25) is 0 Å². The first-order valence-corrected chi connectivity index (χ1v) is 6.79. The maximum atomic E-state index is 13.0. The highest BCUT2D eigenvalue weighted by Gasteiger charge is 2.11. The lowest BCUT2D eigenvalue weighted by atomic mass is 10.2. The van der Waals surface area contributed by atoms with Crippen molar-refractivity contribution in [1.82, 2.24) is 4.72 Å². The standard InChI is InChI=1S/C11H14FN3O2S/c1-8(2)7-14-18(16,17)15-10-3-4-11(12)9(5-10)6-13/h3-5,8,14-15H,7H2,1-2H3. The molecule has 5 nitrogen and oxygen atoms in total. The van der Waals surface area contributed by atoms with Gasteiger partial charge in [-0.15, -0.1) is 0 Å². The molecule has 0 heterocycles. The van der Waals surface area contributed by atoms with Crippen molar-refractivity contribution in [3.8, 4) is 6.07 Å². The Hall–Kier alpha value is -1.65. The van der Waals surface area contributed by atoms with Gasteiger partial charge in [0.15, 0.2) is 0 Å². The SMILES string of the molecule is CC(C)CNS(=O)(=O)Nc1ccc(F)c(C#N)c1. The summed E-state index contributed by atoms with van der Waals surface area (Å²) in [4.78, 5) is 0. The van der Waals surface area contributed by atoms with E-state index in [1.165, 1.54) is 6.07 Å². The fourth-order valence-corrected chi connectivity index (χ4v) is 2.20. The van der Waals surface area contributed by atoms with E-state index in [1.807, 2.05) is 13.8 Å². The zero-order chi connectivity index (χ0) is 13.8. The molecule has 0 saturated heterocycles. The second-order valence-electron chi connectivity index (χ2n) is 4.15. The van der Waals surface area contributed by atoms with Gasteiger partial charge in [-0.3, -0.25) is 4.72 Å². The van der Waals surface area contributed by atoms with Crippen molar-refractivity contribution in [2.24, 2.45) is 5.92 Å². The Morgan fingerprint density at radius 3 is 2.67 bits per heavy atom. The lowest BCUT2D eigenvalue weighted by molar-refractivity contribution is 0.565. The summed E-state index contributed by atoms with van der Waals surface area (Å²) in [6.45, 7) is 4.03. The summed E-state index contributed by atoms with van der Waals surface area (Å²) in [5, 5.41) is 8.63. The van der Waals surface area contributed by atoms with Gasteiger partial charge in [-0.1, -0.05) is 13.8 Å². The van der Waals surface area contributed by atoms with E-state index in [0.29, 0.717) is 6.54 Å². The normalized spacial score (nSPS) is 11.3. The number of nitrogens with zero attached hydrogens (tertiary/aromatic N) is 1. The molecule has 1 rings (SSSR count). The van der Waals surface area contributed by atoms with Crippen molar-refractivity contribution in [3.05, 3.63) is 29.6 Å². The average Bonchev–Trinajstić information content (AvgIpc) is 2.29. The largest absolute Gasteiger partial charge is 0.299 e. The van der Waals surface area contributed by atoms with Crippen LogP contribution in [0.25, 0.3) is 0 Å². The number of rotatable bonds is 5. The summed E-state index contributed by atoms with van der Waals surface area (Å²) in [7, 11) is -3.70. The van der Waals surface area contributed by atoms with Gasteiger partial charge in [-0.05, 0) is 24.1 Å². The van der Waals surface area contributed by atoms with Gasteiger partial charge in [-0.25, -0.2) is 4.39 Å². The Balaban J connectivity index is 2.82. The first kappa shape index (κ1) is 14.4. The van der Waals surface area contributed by atoms with Crippen molar-refractivity contribution in [2.75, 3.05) is 11.3 Å². The molecule has 2 N–H and O–H groups in total. The quantitative estimate of drug-likeness (QED) is 0.853. The minimum Gasteiger partial charge on any atom is -0.271 e. The third-order valence-electron chi connectivity index (χ3n) is 2.02. The maximum Gasteiger partial charge on any atom is 0.299 e. The Bertz CT molecular complexity index is 564. The van der Waals surface area contributed by atoms with Crippen LogP contribution in [0.3, 0.4) is 0 Å². The molecular weight excluding hydrogens is 257 g/mol.